The molecule has 0 aliphatic carbocycles. The van der Waals surface area contributed by atoms with Crippen LogP contribution in [0.3, 0.4) is 0 Å². The predicted octanol–water partition coefficient (Wildman–Crippen LogP) is 5.97. The summed E-state index contributed by atoms with van der Waals surface area (Å²) < 4.78 is 1.85. The number of amides is 1. The minimum absolute atomic E-state index is 0.0268. The first-order chi connectivity index (χ1) is 17.4. The molecule has 0 unspecified atom stereocenters. The zero-order valence-electron chi connectivity index (χ0n) is 20.3. The van der Waals surface area contributed by atoms with Crippen molar-refractivity contribution in [2.45, 2.75) is 44.1 Å². The lowest BCUT2D eigenvalue weighted by Gasteiger charge is -2.12. The molecule has 1 N–H and O–H groups in total. The van der Waals surface area contributed by atoms with E-state index in [0.29, 0.717) is 27.9 Å². The van der Waals surface area contributed by atoms with Crippen LogP contribution < -0.4 is 5.32 Å². The van der Waals surface area contributed by atoms with Crippen molar-refractivity contribution in [2.75, 3.05) is 0 Å². The van der Waals surface area contributed by atoms with Gasteiger partial charge in [-0.25, -0.2) is 0 Å². The van der Waals surface area contributed by atoms with Crippen molar-refractivity contribution in [3.8, 4) is 17.1 Å². The monoisotopic (exact) mass is 501 g/mol. The molecule has 0 bridgehead atoms. The molecule has 1 atom stereocenters. The lowest BCUT2D eigenvalue weighted by Crippen LogP contribution is -2.31. The van der Waals surface area contributed by atoms with Crippen LogP contribution in [0.25, 0.3) is 17.1 Å². The molecule has 0 saturated carbocycles. The maximum Gasteiger partial charge on any atom is 0.280 e. The molecule has 0 spiro atoms. The number of benzene rings is 3. The molecule has 3 aromatic carbocycles. The third-order valence-electron chi connectivity index (χ3n) is 5.84. The van der Waals surface area contributed by atoms with Gasteiger partial charge in [0.25, 0.3) is 11.6 Å². The molecule has 0 radical (unpaired) electrons. The molecule has 4 aromatic rings. The highest BCUT2D eigenvalue weighted by molar-refractivity contribution is 7.98. The highest BCUT2D eigenvalue weighted by Crippen LogP contribution is 2.34. The predicted molar refractivity (Wildman–Crippen MR) is 141 cm³/mol. The van der Waals surface area contributed by atoms with Crippen molar-refractivity contribution >= 4 is 23.4 Å². The number of nitro groups is 1. The summed E-state index contributed by atoms with van der Waals surface area (Å²) in [6.45, 7) is 6.01. The summed E-state index contributed by atoms with van der Waals surface area (Å²) >= 11 is 1.48. The van der Waals surface area contributed by atoms with Crippen molar-refractivity contribution in [3.05, 3.63) is 99.6 Å². The van der Waals surface area contributed by atoms with Gasteiger partial charge in [0, 0.05) is 29.1 Å². The standard InChI is InChI=1S/C27H27N5O3S/c1-4-19(3)28-26(33)21-13-11-20(12-14-21)17-36-27-30-29-25(23-7-5-6-8-24(23)32(34)35)31(27)22-15-9-18(2)10-16-22/h5-16,19H,4,17H2,1-3H3,(H,28,33)/t19-/m0/s1. The summed E-state index contributed by atoms with van der Waals surface area (Å²) in [7, 11) is 0. The fraction of sp³-hybridized carbons (Fsp3) is 0.222. The Balaban J connectivity index is 1.63. The second-order valence-electron chi connectivity index (χ2n) is 8.52. The number of hydrogen-bond acceptors (Lipinski definition) is 6. The summed E-state index contributed by atoms with van der Waals surface area (Å²) in [5.74, 6) is 0.913. The van der Waals surface area contributed by atoms with Crippen LogP contribution >= 0.6 is 11.8 Å². The first-order valence-electron chi connectivity index (χ1n) is 11.7. The van der Waals surface area contributed by atoms with Crippen LogP contribution in [0.2, 0.25) is 0 Å². The number of nitrogens with zero attached hydrogens (tertiary/aromatic N) is 4. The second kappa shape index (κ2) is 11.2. The number of carbonyl (C=O) groups excluding carboxylic acids is 1. The van der Waals surface area contributed by atoms with E-state index in [9.17, 15) is 14.9 Å². The molecule has 0 aliphatic rings. The Hall–Kier alpha value is -3.98. The smallest absolute Gasteiger partial charge is 0.280 e. The summed E-state index contributed by atoms with van der Waals surface area (Å²) in [6, 6.07) is 22.0. The van der Waals surface area contributed by atoms with Gasteiger partial charge in [-0.3, -0.25) is 19.5 Å². The van der Waals surface area contributed by atoms with Gasteiger partial charge in [-0.1, -0.05) is 60.6 Å². The summed E-state index contributed by atoms with van der Waals surface area (Å²) in [5, 5.41) is 24.0. The number of rotatable bonds is 9. The number of hydrogen-bond donors (Lipinski definition) is 1. The number of carbonyl (C=O) groups is 1. The van der Waals surface area contributed by atoms with E-state index >= 15 is 0 Å². The van der Waals surface area contributed by atoms with Crippen molar-refractivity contribution in [1.82, 2.24) is 20.1 Å². The first-order valence-corrected chi connectivity index (χ1v) is 12.6. The lowest BCUT2D eigenvalue weighted by atomic mass is 10.1. The van der Waals surface area contributed by atoms with Crippen LogP contribution in [0.1, 0.15) is 41.8 Å². The van der Waals surface area contributed by atoms with Gasteiger partial charge in [0.1, 0.15) is 0 Å². The van der Waals surface area contributed by atoms with Gasteiger partial charge in [0.15, 0.2) is 11.0 Å². The van der Waals surface area contributed by atoms with E-state index in [2.05, 4.69) is 15.5 Å². The van der Waals surface area contributed by atoms with Crippen molar-refractivity contribution in [2.24, 2.45) is 0 Å². The Morgan fingerprint density at radius 3 is 2.42 bits per heavy atom. The maximum atomic E-state index is 12.4. The lowest BCUT2D eigenvalue weighted by molar-refractivity contribution is -0.384. The van der Waals surface area contributed by atoms with Crippen molar-refractivity contribution < 1.29 is 9.72 Å². The van der Waals surface area contributed by atoms with Gasteiger partial charge < -0.3 is 5.32 Å². The Kier molecular flexibility index (Phi) is 7.80. The van der Waals surface area contributed by atoms with E-state index in [0.717, 1.165) is 23.2 Å². The molecular weight excluding hydrogens is 474 g/mol. The summed E-state index contributed by atoms with van der Waals surface area (Å²) in [6.07, 6.45) is 0.871. The van der Waals surface area contributed by atoms with Gasteiger partial charge in [0.05, 0.1) is 10.5 Å². The van der Waals surface area contributed by atoms with Gasteiger partial charge in [-0.05, 0) is 56.2 Å². The van der Waals surface area contributed by atoms with Crippen LogP contribution in [0.4, 0.5) is 5.69 Å². The molecular formula is C27H27N5O3S. The van der Waals surface area contributed by atoms with E-state index in [1.807, 2.05) is 73.9 Å². The minimum Gasteiger partial charge on any atom is -0.350 e. The molecule has 184 valence electrons. The Morgan fingerprint density at radius 1 is 1.06 bits per heavy atom. The summed E-state index contributed by atoms with van der Waals surface area (Å²) in [5.41, 5.74) is 3.93. The van der Waals surface area contributed by atoms with Crippen molar-refractivity contribution in [1.29, 1.82) is 0 Å². The molecule has 1 amide bonds. The fourth-order valence-electron chi connectivity index (χ4n) is 3.60. The van der Waals surface area contributed by atoms with Crippen molar-refractivity contribution in [3.63, 3.8) is 0 Å². The first kappa shape index (κ1) is 25.1. The number of aryl methyl sites for hydroxylation is 1. The SMILES string of the molecule is CC[C@H](C)NC(=O)c1ccc(CSc2nnc(-c3ccccc3[N+](=O)[O-])n2-c2ccc(C)cc2)cc1. The largest absolute Gasteiger partial charge is 0.350 e. The highest BCUT2D eigenvalue weighted by Gasteiger charge is 2.23. The van der Waals surface area contributed by atoms with Gasteiger partial charge in [-0.2, -0.15) is 0 Å². The molecule has 4 rings (SSSR count). The summed E-state index contributed by atoms with van der Waals surface area (Å²) in [4.78, 5) is 23.6. The number of aromatic nitrogens is 3. The van der Waals surface area contributed by atoms with Crippen LogP contribution in [-0.4, -0.2) is 31.6 Å². The molecule has 0 saturated heterocycles. The minimum atomic E-state index is -0.407. The van der Waals surface area contributed by atoms with Gasteiger partial charge >= 0.3 is 0 Å². The number of para-hydroxylation sites is 1. The average Bonchev–Trinajstić information content (AvgIpc) is 3.31. The second-order valence-corrected chi connectivity index (χ2v) is 9.46. The van der Waals surface area contributed by atoms with E-state index in [-0.39, 0.29) is 17.6 Å². The Bertz CT molecular complexity index is 1370. The zero-order valence-corrected chi connectivity index (χ0v) is 21.2. The van der Waals surface area contributed by atoms with Crippen LogP contribution in [0, 0.1) is 17.0 Å². The van der Waals surface area contributed by atoms with Gasteiger partial charge in [0.2, 0.25) is 0 Å². The van der Waals surface area contributed by atoms with E-state index < -0.39 is 4.92 Å². The van der Waals surface area contributed by atoms with Crippen LogP contribution in [0.5, 0.6) is 0 Å². The third-order valence-corrected chi connectivity index (χ3v) is 6.84. The molecule has 9 heteroatoms. The topological polar surface area (TPSA) is 103 Å². The quantitative estimate of drug-likeness (QED) is 0.172. The maximum absolute atomic E-state index is 12.4. The average molecular weight is 502 g/mol. The molecule has 0 aliphatic heterocycles. The normalized spacial score (nSPS) is 11.8. The van der Waals surface area contributed by atoms with Gasteiger partial charge in [-0.15, -0.1) is 10.2 Å². The molecule has 1 aromatic heterocycles. The van der Waals surface area contributed by atoms with E-state index in [4.69, 9.17) is 0 Å². The van der Waals surface area contributed by atoms with Crippen LogP contribution in [0.15, 0.2) is 78.0 Å². The fourth-order valence-corrected chi connectivity index (χ4v) is 4.50. The zero-order chi connectivity index (χ0) is 25.7. The third kappa shape index (κ3) is 5.63. The molecule has 0 fully saturated rings. The Morgan fingerprint density at radius 2 is 1.75 bits per heavy atom. The molecule has 1 heterocycles. The molecule has 36 heavy (non-hydrogen) atoms. The number of nitrogens with one attached hydrogen (secondary N) is 1. The van der Waals surface area contributed by atoms with E-state index in [1.54, 1.807) is 18.2 Å². The number of thioether (sulfide) groups is 1. The molecule has 8 nitrogen and oxygen atoms in total. The van der Waals surface area contributed by atoms with E-state index in [1.165, 1.54) is 17.8 Å². The van der Waals surface area contributed by atoms with Crippen LogP contribution in [-0.2, 0) is 5.75 Å². The highest BCUT2D eigenvalue weighted by atomic mass is 32.2. The number of nitro benzene ring substituents is 1. The Labute approximate surface area is 213 Å².